The first-order valence-electron chi connectivity index (χ1n) is 8.66. The fourth-order valence-electron chi connectivity index (χ4n) is 3.49. The molecule has 1 aromatic carbocycles. The summed E-state index contributed by atoms with van der Waals surface area (Å²) < 4.78 is 7.52. The highest BCUT2D eigenvalue weighted by Crippen LogP contribution is 2.31. The molecule has 25 heavy (non-hydrogen) atoms. The van der Waals surface area contributed by atoms with Gasteiger partial charge in [0.15, 0.2) is 11.5 Å². The maximum absolute atomic E-state index is 9.67. The van der Waals surface area contributed by atoms with Gasteiger partial charge in [-0.2, -0.15) is 0 Å². The predicted molar refractivity (Wildman–Crippen MR) is 96.9 cm³/mol. The lowest BCUT2D eigenvalue weighted by molar-refractivity contribution is 0.126. The van der Waals surface area contributed by atoms with Crippen molar-refractivity contribution in [2.24, 2.45) is 0 Å². The van der Waals surface area contributed by atoms with E-state index in [1.165, 1.54) is 0 Å². The van der Waals surface area contributed by atoms with Crippen LogP contribution in [0.5, 0.6) is 5.75 Å². The van der Waals surface area contributed by atoms with Crippen molar-refractivity contribution in [1.29, 1.82) is 0 Å². The summed E-state index contributed by atoms with van der Waals surface area (Å²) in [4.78, 5) is 9.07. The Balaban J connectivity index is 1.69. The van der Waals surface area contributed by atoms with E-state index in [0.717, 1.165) is 54.2 Å². The quantitative estimate of drug-likeness (QED) is 0.765. The van der Waals surface area contributed by atoms with Crippen LogP contribution in [0.3, 0.4) is 0 Å². The van der Waals surface area contributed by atoms with Crippen LogP contribution in [-0.4, -0.2) is 38.7 Å². The Morgan fingerprint density at radius 3 is 2.76 bits per heavy atom. The van der Waals surface area contributed by atoms with Crippen molar-refractivity contribution in [3.63, 3.8) is 0 Å². The van der Waals surface area contributed by atoms with E-state index in [-0.39, 0.29) is 6.10 Å². The van der Waals surface area contributed by atoms with Gasteiger partial charge in [-0.3, -0.25) is 4.40 Å². The van der Waals surface area contributed by atoms with Crippen molar-refractivity contribution in [2.45, 2.75) is 37.8 Å². The van der Waals surface area contributed by atoms with Gasteiger partial charge in [0, 0.05) is 24.0 Å². The summed E-state index contributed by atoms with van der Waals surface area (Å²) in [5.74, 6) is 1.60. The third-order valence-corrected chi connectivity index (χ3v) is 4.85. The topological polar surface area (TPSA) is 71.7 Å². The molecule has 0 saturated heterocycles. The highest BCUT2D eigenvalue weighted by atomic mass is 16.5. The van der Waals surface area contributed by atoms with E-state index in [2.05, 4.69) is 15.3 Å². The molecular formula is C19H22N4O2. The average Bonchev–Trinajstić information content (AvgIpc) is 3.08. The zero-order valence-electron chi connectivity index (χ0n) is 14.2. The Bertz CT molecular complexity index is 869. The minimum atomic E-state index is -0.162. The van der Waals surface area contributed by atoms with Gasteiger partial charge in [-0.15, -0.1) is 0 Å². The fraction of sp³-hybridized carbons (Fsp3) is 0.368. The molecule has 0 amide bonds. The standard InChI is InChI=1S/C19H22N4O2/c1-25-17-5-3-2-4-15(17)16-12-21-19-18(20-10-11-23(16)19)22-13-6-8-14(24)9-7-13/h2-5,10-14,24H,6-9H2,1H3,(H,20,22). The van der Waals surface area contributed by atoms with Crippen LogP contribution in [0.25, 0.3) is 16.9 Å². The second kappa shape index (κ2) is 6.72. The van der Waals surface area contributed by atoms with E-state index in [1.807, 2.05) is 41.1 Å². The zero-order chi connectivity index (χ0) is 17.2. The van der Waals surface area contributed by atoms with Gasteiger partial charge < -0.3 is 15.2 Å². The minimum absolute atomic E-state index is 0.162. The SMILES string of the molecule is COc1ccccc1-c1cnc2c(NC3CCC(O)CC3)nccn12. The lowest BCUT2D eigenvalue weighted by Crippen LogP contribution is -2.28. The number of para-hydroxylation sites is 1. The van der Waals surface area contributed by atoms with Crippen LogP contribution in [0.1, 0.15) is 25.7 Å². The average molecular weight is 338 g/mol. The van der Waals surface area contributed by atoms with Crippen LogP contribution in [0.2, 0.25) is 0 Å². The summed E-state index contributed by atoms with van der Waals surface area (Å²) in [6.07, 6.45) is 8.96. The summed E-state index contributed by atoms with van der Waals surface area (Å²) in [7, 11) is 1.67. The van der Waals surface area contributed by atoms with Crippen LogP contribution in [0.4, 0.5) is 5.82 Å². The lowest BCUT2D eigenvalue weighted by atomic mass is 9.93. The first kappa shape index (κ1) is 15.9. The molecule has 2 aromatic heterocycles. The highest BCUT2D eigenvalue weighted by Gasteiger charge is 2.21. The van der Waals surface area contributed by atoms with Crippen molar-refractivity contribution in [3.05, 3.63) is 42.9 Å². The molecule has 0 bridgehead atoms. The molecular weight excluding hydrogens is 316 g/mol. The Morgan fingerprint density at radius 1 is 1.16 bits per heavy atom. The van der Waals surface area contributed by atoms with Crippen molar-refractivity contribution in [3.8, 4) is 17.0 Å². The van der Waals surface area contributed by atoms with Gasteiger partial charge in [-0.1, -0.05) is 12.1 Å². The van der Waals surface area contributed by atoms with Gasteiger partial charge in [-0.05, 0) is 37.8 Å². The van der Waals surface area contributed by atoms with E-state index in [0.29, 0.717) is 6.04 Å². The number of imidazole rings is 1. The Labute approximate surface area is 146 Å². The second-order valence-corrected chi connectivity index (χ2v) is 6.46. The maximum Gasteiger partial charge on any atom is 0.180 e. The van der Waals surface area contributed by atoms with Crippen LogP contribution < -0.4 is 10.1 Å². The normalized spacial score (nSPS) is 20.6. The fourth-order valence-corrected chi connectivity index (χ4v) is 3.49. The van der Waals surface area contributed by atoms with E-state index in [4.69, 9.17) is 4.74 Å². The Hall–Kier alpha value is -2.60. The van der Waals surface area contributed by atoms with Crippen molar-refractivity contribution < 1.29 is 9.84 Å². The number of aliphatic hydroxyl groups is 1. The third-order valence-electron chi connectivity index (χ3n) is 4.85. The molecule has 1 fully saturated rings. The number of aliphatic hydroxyl groups excluding tert-OH is 1. The van der Waals surface area contributed by atoms with Gasteiger partial charge in [-0.25, -0.2) is 9.97 Å². The molecule has 0 aliphatic heterocycles. The molecule has 1 aliphatic rings. The van der Waals surface area contributed by atoms with Crippen LogP contribution in [-0.2, 0) is 0 Å². The summed E-state index contributed by atoms with van der Waals surface area (Å²) in [6, 6.07) is 8.25. The number of aromatic nitrogens is 3. The predicted octanol–water partition coefficient (Wildman–Crippen LogP) is 3.12. The smallest absolute Gasteiger partial charge is 0.180 e. The van der Waals surface area contributed by atoms with Crippen LogP contribution in [0.15, 0.2) is 42.9 Å². The molecule has 2 heterocycles. The van der Waals surface area contributed by atoms with Gasteiger partial charge in [0.25, 0.3) is 0 Å². The maximum atomic E-state index is 9.67. The summed E-state index contributed by atoms with van der Waals surface area (Å²) in [5, 5.41) is 13.2. The molecule has 6 heteroatoms. The molecule has 1 saturated carbocycles. The van der Waals surface area contributed by atoms with E-state index >= 15 is 0 Å². The van der Waals surface area contributed by atoms with Gasteiger partial charge in [0.1, 0.15) is 5.75 Å². The Kier molecular flexibility index (Phi) is 4.28. The van der Waals surface area contributed by atoms with Gasteiger partial charge >= 0.3 is 0 Å². The molecule has 130 valence electrons. The molecule has 4 rings (SSSR count). The monoisotopic (exact) mass is 338 g/mol. The number of anilines is 1. The number of hydrogen-bond acceptors (Lipinski definition) is 5. The van der Waals surface area contributed by atoms with Crippen molar-refractivity contribution in [2.75, 3.05) is 12.4 Å². The number of benzene rings is 1. The number of methoxy groups -OCH3 is 1. The summed E-state index contributed by atoms with van der Waals surface area (Å²) in [5.41, 5.74) is 2.77. The molecule has 2 N–H and O–H groups in total. The zero-order valence-corrected chi connectivity index (χ0v) is 14.2. The van der Waals surface area contributed by atoms with Crippen molar-refractivity contribution in [1.82, 2.24) is 14.4 Å². The third kappa shape index (κ3) is 3.05. The van der Waals surface area contributed by atoms with Crippen LogP contribution in [0, 0.1) is 0 Å². The first-order chi connectivity index (χ1) is 12.3. The second-order valence-electron chi connectivity index (χ2n) is 6.46. The van der Waals surface area contributed by atoms with E-state index in [1.54, 1.807) is 13.3 Å². The van der Waals surface area contributed by atoms with E-state index < -0.39 is 0 Å². The number of nitrogens with one attached hydrogen (secondary N) is 1. The summed E-state index contributed by atoms with van der Waals surface area (Å²) in [6.45, 7) is 0. The molecule has 0 atom stereocenters. The summed E-state index contributed by atoms with van der Waals surface area (Å²) >= 11 is 0. The van der Waals surface area contributed by atoms with Crippen molar-refractivity contribution >= 4 is 11.5 Å². The molecule has 3 aromatic rings. The number of ether oxygens (including phenoxy) is 1. The first-order valence-corrected chi connectivity index (χ1v) is 8.66. The largest absolute Gasteiger partial charge is 0.496 e. The molecule has 0 radical (unpaired) electrons. The van der Waals surface area contributed by atoms with Gasteiger partial charge in [0.2, 0.25) is 0 Å². The Morgan fingerprint density at radius 2 is 1.96 bits per heavy atom. The molecule has 6 nitrogen and oxygen atoms in total. The van der Waals surface area contributed by atoms with E-state index in [9.17, 15) is 5.11 Å². The molecule has 0 unspecified atom stereocenters. The lowest BCUT2D eigenvalue weighted by Gasteiger charge is -2.26. The number of fused-ring (bicyclic) bond motifs is 1. The molecule has 1 aliphatic carbocycles. The number of hydrogen-bond donors (Lipinski definition) is 2. The highest BCUT2D eigenvalue weighted by molar-refractivity contribution is 5.74. The van der Waals surface area contributed by atoms with Crippen LogP contribution >= 0.6 is 0 Å². The molecule has 0 spiro atoms. The number of nitrogens with zero attached hydrogens (tertiary/aromatic N) is 3. The van der Waals surface area contributed by atoms with Gasteiger partial charge in [0.05, 0.1) is 25.1 Å². The minimum Gasteiger partial charge on any atom is -0.496 e. The number of rotatable bonds is 4.